The highest BCUT2D eigenvalue weighted by Gasteiger charge is 2.29. The van der Waals surface area contributed by atoms with E-state index in [9.17, 15) is 9.59 Å². The summed E-state index contributed by atoms with van der Waals surface area (Å²) in [4.78, 5) is 27.8. The van der Waals surface area contributed by atoms with Crippen molar-refractivity contribution in [2.75, 3.05) is 5.75 Å². The van der Waals surface area contributed by atoms with Crippen molar-refractivity contribution in [2.24, 2.45) is 0 Å². The van der Waals surface area contributed by atoms with E-state index in [0.29, 0.717) is 18.7 Å². The zero-order chi connectivity index (χ0) is 21.9. The molecule has 6 heteroatoms. The zero-order valence-corrected chi connectivity index (χ0v) is 20.3. The van der Waals surface area contributed by atoms with Crippen LogP contribution < -0.4 is 5.32 Å². The molecule has 4 nitrogen and oxygen atoms in total. The van der Waals surface area contributed by atoms with Gasteiger partial charge in [0.1, 0.15) is 6.04 Å². The van der Waals surface area contributed by atoms with Crippen LogP contribution in [0.15, 0.2) is 59.1 Å². The molecule has 0 aliphatic carbocycles. The summed E-state index contributed by atoms with van der Waals surface area (Å²) >= 11 is 5.02. The lowest BCUT2D eigenvalue weighted by atomic mass is 10.1. The van der Waals surface area contributed by atoms with Crippen LogP contribution in [0.3, 0.4) is 0 Å². The molecule has 0 fully saturated rings. The minimum Gasteiger partial charge on any atom is -0.352 e. The van der Waals surface area contributed by atoms with Gasteiger partial charge in [0.05, 0.1) is 5.75 Å². The normalized spacial score (nSPS) is 12.8. The van der Waals surface area contributed by atoms with Crippen molar-refractivity contribution in [3.8, 4) is 0 Å². The molecule has 0 spiro atoms. The minimum absolute atomic E-state index is 0.00730. The van der Waals surface area contributed by atoms with Crippen molar-refractivity contribution >= 4 is 39.5 Å². The van der Waals surface area contributed by atoms with Gasteiger partial charge in [-0.15, -0.1) is 11.8 Å². The summed E-state index contributed by atoms with van der Waals surface area (Å²) in [6, 6.07) is 17.6. The van der Waals surface area contributed by atoms with Crippen LogP contribution in [0.1, 0.15) is 44.7 Å². The average molecular weight is 491 g/mol. The van der Waals surface area contributed by atoms with Crippen LogP contribution in [0.25, 0.3) is 0 Å². The summed E-state index contributed by atoms with van der Waals surface area (Å²) < 4.78 is 1.04. The quantitative estimate of drug-likeness (QED) is 0.458. The highest BCUT2D eigenvalue weighted by Crippen LogP contribution is 2.19. The summed E-state index contributed by atoms with van der Waals surface area (Å²) in [5.41, 5.74) is 2.20. The molecular formula is C24H31BrN2O2S. The second-order valence-electron chi connectivity index (χ2n) is 7.37. The number of thioether (sulfide) groups is 1. The van der Waals surface area contributed by atoms with Crippen molar-refractivity contribution in [2.45, 2.75) is 58.0 Å². The first-order valence-corrected chi connectivity index (χ1v) is 12.3. The van der Waals surface area contributed by atoms with Gasteiger partial charge in [0.2, 0.25) is 11.8 Å². The van der Waals surface area contributed by atoms with Gasteiger partial charge in [0.15, 0.2) is 0 Å². The number of carbonyl (C=O) groups excluding carboxylic acids is 2. The Morgan fingerprint density at radius 3 is 2.27 bits per heavy atom. The fourth-order valence-corrected chi connectivity index (χ4v) is 4.20. The summed E-state index contributed by atoms with van der Waals surface area (Å²) in [7, 11) is 0. The molecule has 2 amide bonds. The monoisotopic (exact) mass is 490 g/mol. The average Bonchev–Trinajstić information content (AvgIpc) is 2.75. The van der Waals surface area contributed by atoms with Gasteiger partial charge in [-0.1, -0.05) is 72.2 Å². The van der Waals surface area contributed by atoms with E-state index in [1.54, 1.807) is 16.7 Å². The van der Waals surface area contributed by atoms with E-state index in [2.05, 4.69) is 33.4 Å². The fraction of sp³-hybridized carbons (Fsp3) is 0.417. The number of rotatable bonds is 11. The van der Waals surface area contributed by atoms with Crippen LogP contribution in [0, 0.1) is 0 Å². The molecule has 0 radical (unpaired) electrons. The van der Waals surface area contributed by atoms with E-state index in [4.69, 9.17) is 0 Å². The number of nitrogens with zero attached hydrogens (tertiary/aromatic N) is 1. The first kappa shape index (κ1) is 24.5. The number of benzene rings is 2. The molecule has 0 aromatic heterocycles. The largest absolute Gasteiger partial charge is 0.352 e. The van der Waals surface area contributed by atoms with Gasteiger partial charge in [-0.05, 0) is 43.0 Å². The van der Waals surface area contributed by atoms with E-state index >= 15 is 0 Å². The van der Waals surface area contributed by atoms with Crippen LogP contribution in [-0.4, -0.2) is 34.6 Å². The Hall–Kier alpha value is -1.79. The molecule has 0 saturated heterocycles. The molecule has 0 heterocycles. The van der Waals surface area contributed by atoms with Crippen molar-refractivity contribution in [1.82, 2.24) is 10.2 Å². The lowest BCUT2D eigenvalue weighted by Crippen LogP contribution is -2.51. The SMILES string of the molecule is CC[C@@H](C)NC(=O)[C@@H](CC)N(Cc1ccccc1)C(=O)CSCc1ccc(Br)cc1. The van der Waals surface area contributed by atoms with Crippen molar-refractivity contribution in [3.05, 3.63) is 70.2 Å². The van der Waals surface area contributed by atoms with E-state index in [-0.39, 0.29) is 17.9 Å². The Morgan fingerprint density at radius 2 is 1.67 bits per heavy atom. The number of hydrogen-bond donors (Lipinski definition) is 1. The molecule has 0 saturated carbocycles. The molecule has 1 N–H and O–H groups in total. The Morgan fingerprint density at radius 1 is 1.00 bits per heavy atom. The van der Waals surface area contributed by atoms with Gasteiger partial charge < -0.3 is 10.2 Å². The van der Waals surface area contributed by atoms with Gasteiger partial charge in [-0.2, -0.15) is 0 Å². The van der Waals surface area contributed by atoms with E-state index in [1.165, 1.54) is 5.56 Å². The fourth-order valence-electron chi connectivity index (χ4n) is 3.06. The summed E-state index contributed by atoms with van der Waals surface area (Å²) in [6.45, 7) is 6.42. The van der Waals surface area contributed by atoms with Crippen LogP contribution in [0.5, 0.6) is 0 Å². The Balaban J connectivity index is 2.09. The number of halogens is 1. The lowest BCUT2D eigenvalue weighted by molar-refractivity contribution is -0.139. The maximum atomic E-state index is 13.2. The van der Waals surface area contributed by atoms with E-state index < -0.39 is 6.04 Å². The van der Waals surface area contributed by atoms with Crippen molar-refractivity contribution < 1.29 is 9.59 Å². The zero-order valence-electron chi connectivity index (χ0n) is 17.9. The number of amides is 2. The number of hydrogen-bond acceptors (Lipinski definition) is 3. The molecular weight excluding hydrogens is 460 g/mol. The van der Waals surface area contributed by atoms with Gasteiger partial charge in [-0.25, -0.2) is 0 Å². The highest BCUT2D eigenvalue weighted by molar-refractivity contribution is 9.10. The van der Waals surface area contributed by atoms with Crippen molar-refractivity contribution in [1.29, 1.82) is 0 Å². The lowest BCUT2D eigenvalue weighted by Gasteiger charge is -2.31. The molecule has 2 aromatic carbocycles. The summed E-state index contributed by atoms with van der Waals surface area (Å²) in [5.74, 6) is 1.02. The van der Waals surface area contributed by atoms with Gasteiger partial charge in [0, 0.05) is 22.8 Å². The molecule has 0 bridgehead atoms. The Bertz CT molecular complexity index is 799. The van der Waals surface area contributed by atoms with Gasteiger partial charge >= 0.3 is 0 Å². The van der Waals surface area contributed by atoms with Gasteiger partial charge in [0.25, 0.3) is 0 Å². The third kappa shape index (κ3) is 7.80. The summed E-state index contributed by atoms with van der Waals surface area (Å²) in [5, 5.41) is 3.04. The Kier molecular flexibility index (Phi) is 10.4. The van der Waals surface area contributed by atoms with Crippen LogP contribution in [0.2, 0.25) is 0 Å². The molecule has 162 valence electrons. The molecule has 0 aliphatic heterocycles. The standard InChI is InChI=1S/C24H31BrN2O2S/c1-4-18(3)26-24(29)22(5-2)27(15-19-9-7-6-8-10-19)23(28)17-30-16-20-11-13-21(25)14-12-20/h6-14,18,22H,4-5,15-17H2,1-3H3,(H,26,29)/t18-,22-/m1/s1. The second-order valence-corrected chi connectivity index (χ2v) is 9.27. The second kappa shape index (κ2) is 12.8. The molecule has 0 aliphatic rings. The highest BCUT2D eigenvalue weighted by atomic mass is 79.9. The number of carbonyl (C=O) groups is 2. The first-order chi connectivity index (χ1) is 14.4. The predicted octanol–water partition coefficient (Wildman–Crippen LogP) is 5.40. The predicted molar refractivity (Wildman–Crippen MR) is 129 cm³/mol. The third-order valence-corrected chi connectivity index (χ3v) is 6.51. The molecule has 2 aromatic rings. The van der Waals surface area contributed by atoms with E-state index in [1.807, 2.05) is 63.2 Å². The first-order valence-electron chi connectivity index (χ1n) is 10.4. The molecule has 30 heavy (non-hydrogen) atoms. The molecule has 0 unspecified atom stereocenters. The van der Waals surface area contributed by atoms with Crippen LogP contribution >= 0.6 is 27.7 Å². The summed E-state index contributed by atoms with van der Waals surface area (Å²) in [6.07, 6.45) is 1.44. The molecule has 2 atom stereocenters. The van der Waals surface area contributed by atoms with Crippen LogP contribution in [-0.2, 0) is 21.9 Å². The molecule has 2 rings (SSSR count). The maximum absolute atomic E-state index is 13.2. The van der Waals surface area contributed by atoms with E-state index in [0.717, 1.165) is 22.2 Å². The number of nitrogens with one attached hydrogen (secondary N) is 1. The topological polar surface area (TPSA) is 49.4 Å². The van der Waals surface area contributed by atoms with Crippen LogP contribution in [0.4, 0.5) is 0 Å². The Labute approximate surface area is 192 Å². The van der Waals surface area contributed by atoms with Crippen molar-refractivity contribution in [3.63, 3.8) is 0 Å². The third-order valence-electron chi connectivity index (χ3n) is 4.99. The smallest absolute Gasteiger partial charge is 0.243 e. The minimum atomic E-state index is -0.472. The maximum Gasteiger partial charge on any atom is 0.243 e. The van der Waals surface area contributed by atoms with Gasteiger partial charge in [-0.3, -0.25) is 9.59 Å².